The van der Waals surface area contributed by atoms with Crippen LogP contribution in [0, 0.1) is 11.3 Å². The normalized spacial score (nSPS) is 15.6. The Balaban J connectivity index is 1.70. The lowest BCUT2D eigenvalue weighted by atomic mass is 9.98. The Morgan fingerprint density at radius 1 is 1.15 bits per heavy atom. The van der Waals surface area contributed by atoms with Crippen molar-refractivity contribution in [3.8, 4) is 17.2 Å². The van der Waals surface area contributed by atoms with Gasteiger partial charge in [-0.3, -0.25) is 4.98 Å². The number of nitrogens with one attached hydrogen (secondary N) is 1. The lowest BCUT2D eigenvalue weighted by Gasteiger charge is -2.32. The van der Waals surface area contributed by atoms with Gasteiger partial charge < -0.3 is 10.2 Å². The van der Waals surface area contributed by atoms with Crippen molar-refractivity contribution in [2.75, 3.05) is 25.0 Å². The molecule has 1 aromatic heterocycles. The first-order valence-corrected chi connectivity index (χ1v) is 9.64. The Morgan fingerprint density at radius 2 is 2.00 bits per heavy atom. The summed E-state index contributed by atoms with van der Waals surface area (Å²) in [6, 6.07) is 16.9. The van der Waals surface area contributed by atoms with Gasteiger partial charge in [-0.2, -0.15) is 5.26 Å². The van der Waals surface area contributed by atoms with Crippen LogP contribution < -0.4 is 5.32 Å². The summed E-state index contributed by atoms with van der Waals surface area (Å²) in [7, 11) is 0. The van der Waals surface area contributed by atoms with Crippen molar-refractivity contribution < 1.29 is 0 Å². The highest BCUT2D eigenvalue weighted by molar-refractivity contribution is 5.97. The van der Waals surface area contributed by atoms with E-state index in [0.717, 1.165) is 54.7 Å². The topological polar surface area (TPSA) is 52.0 Å². The fourth-order valence-electron chi connectivity index (χ4n) is 3.87. The van der Waals surface area contributed by atoms with Crippen LogP contribution in [0.5, 0.6) is 0 Å². The molecule has 4 nitrogen and oxygen atoms in total. The standard InChI is InChI=1S/C23H24N4/c1-2-27-10-7-21(8-11-27)26-23-14-20(13-19-6-9-25-16-22(19)23)18-5-3-4-17(12-18)15-24/h3-6,9,12-14,16,21,26H,2,7-8,10-11H2,1H3. The van der Waals surface area contributed by atoms with Crippen LogP contribution in [-0.2, 0) is 0 Å². The van der Waals surface area contributed by atoms with Gasteiger partial charge in [0.05, 0.1) is 11.6 Å². The van der Waals surface area contributed by atoms with Crippen LogP contribution in [0.4, 0.5) is 5.69 Å². The molecule has 2 aromatic carbocycles. The molecular weight excluding hydrogens is 332 g/mol. The number of hydrogen-bond donors (Lipinski definition) is 1. The quantitative estimate of drug-likeness (QED) is 0.738. The van der Waals surface area contributed by atoms with Gasteiger partial charge in [-0.25, -0.2) is 0 Å². The molecule has 27 heavy (non-hydrogen) atoms. The highest BCUT2D eigenvalue weighted by Crippen LogP contribution is 2.32. The molecule has 1 fully saturated rings. The smallest absolute Gasteiger partial charge is 0.0991 e. The molecule has 1 aliphatic rings. The van der Waals surface area contributed by atoms with Crippen LogP contribution in [0.3, 0.4) is 0 Å². The number of fused-ring (bicyclic) bond motifs is 1. The molecule has 0 aliphatic carbocycles. The SMILES string of the molecule is CCN1CCC(Nc2cc(-c3cccc(C#N)c3)cc3ccncc23)CC1. The Labute approximate surface area is 160 Å². The maximum Gasteiger partial charge on any atom is 0.0991 e. The first kappa shape index (κ1) is 17.5. The van der Waals surface area contributed by atoms with Gasteiger partial charge in [-0.15, -0.1) is 0 Å². The van der Waals surface area contributed by atoms with E-state index in [2.05, 4.69) is 52.5 Å². The molecule has 0 atom stereocenters. The highest BCUT2D eigenvalue weighted by atomic mass is 15.1. The molecule has 0 unspecified atom stereocenters. The molecule has 2 heterocycles. The lowest BCUT2D eigenvalue weighted by molar-refractivity contribution is 0.229. The zero-order valence-electron chi connectivity index (χ0n) is 15.7. The molecule has 0 saturated carbocycles. The van der Waals surface area contributed by atoms with Crippen LogP contribution in [0.1, 0.15) is 25.3 Å². The number of nitriles is 1. The third-order valence-corrected chi connectivity index (χ3v) is 5.48. The minimum absolute atomic E-state index is 0.483. The second kappa shape index (κ2) is 7.77. The number of hydrogen-bond acceptors (Lipinski definition) is 4. The van der Waals surface area contributed by atoms with E-state index < -0.39 is 0 Å². The maximum atomic E-state index is 9.22. The largest absolute Gasteiger partial charge is 0.382 e. The van der Waals surface area contributed by atoms with E-state index in [9.17, 15) is 5.26 Å². The zero-order chi connectivity index (χ0) is 18.6. The van der Waals surface area contributed by atoms with E-state index >= 15 is 0 Å². The van der Waals surface area contributed by atoms with Crippen LogP contribution >= 0.6 is 0 Å². The van der Waals surface area contributed by atoms with Crippen LogP contribution in [0.15, 0.2) is 54.9 Å². The number of rotatable bonds is 4. The average Bonchev–Trinajstić information content (AvgIpc) is 2.74. The second-order valence-electron chi connectivity index (χ2n) is 7.17. The van der Waals surface area contributed by atoms with Crippen LogP contribution in [0.25, 0.3) is 21.9 Å². The van der Waals surface area contributed by atoms with Crippen molar-refractivity contribution in [3.05, 3.63) is 60.4 Å². The number of anilines is 1. The maximum absolute atomic E-state index is 9.22. The number of piperidine rings is 1. The van der Waals surface area contributed by atoms with E-state index in [1.165, 1.54) is 5.39 Å². The number of pyridine rings is 1. The minimum Gasteiger partial charge on any atom is -0.382 e. The summed E-state index contributed by atoms with van der Waals surface area (Å²) in [6.45, 7) is 5.65. The predicted molar refractivity (Wildman–Crippen MR) is 111 cm³/mol. The van der Waals surface area contributed by atoms with E-state index in [4.69, 9.17) is 0 Å². The highest BCUT2D eigenvalue weighted by Gasteiger charge is 2.19. The molecule has 0 amide bonds. The van der Waals surface area contributed by atoms with E-state index in [1.807, 2.05) is 30.6 Å². The number of nitrogens with zero attached hydrogens (tertiary/aromatic N) is 3. The second-order valence-corrected chi connectivity index (χ2v) is 7.17. The molecule has 1 N–H and O–H groups in total. The summed E-state index contributed by atoms with van der Waals surface area (Å²) in [4.78, 5) is 6.83. The van der Waals surface area contributed by atoms with Crippen molar-refractivity contribution >= 4 is 16.5 Å². The van der Waals surface area contributed by atoms with Gasteiger partial charge in [0.1, 0.15) is 0 Å². The van der Waals surface area contributed by atoms with Crippen LogP contribution in [-0.4, -0.2) is 35.6 Å². The number of benzene rings is 2. The van der Waals surface area contributed by atoms with Crippen molar-refractivity contribution in [2.24, 2.45) is 0 Å². The fraction of sp³-hybridized carbons (Fsp3) is 0.304. The van der Waals surface area contributed by atoms with E-state index in [0.29, 0.717) is 11.6 Å². The van der Waals surface area contributed by atoms with Crippen molar-refractivity contribution in [3.63, 3.8) is 0 Å². The van der Waals surface area contributed by atoms with Gasteiger partial charge in [-0.05, 0) is 66.2 Å². The summed E-state index contributed by atoms with van der Waals surface area (Å²) < 4.78 is 0. The predicted octanol–water partition coefficient (Wildman–Crippen LogP) is 4.67. The molecule has 1 aliphatic heterocycles. The summed E-state index contributed by atoms with van der Waals surface area (Å²) in [6.07, 6.45) is 6.09. The molecule has 4 heteroatoms. The Hall–Kier alpha value is -2.90. The average molecular weight is 356 g/mol. The van der Waals surface area contributed by atoms with Gasteiger partial charge in [0.2, 0.25) is 0 Å². The summed E-state index contributed by atoms with van der Waals surface area (Å²) in [5, 5.41) is 15.3. The van der Waals surface area contributed by atoms with Crippen LogP contribution in [0.2, 0.25) is 0 Å². The molecule has 0 bridgehead atoms. The van der Waals surface area contributed by atoms with Gasteiger partial charge in [0.25, 0.3) is 0 Å². The zero-order valence-corrected chi connectivity index (χ0v) is 15.7. The fourth-order valence-corrected chi connectivity index (χ4v) is 3.87. The van der Waals surface area contributed by atoms with Gasteiger partial charge >= 0.3 is 0 Å². The van der Waals surface area contributed by atoms with E-state index in [1.54, 1.807) is 0 Å². The Morgan fingerprint density at radius 3 is 2.78 bits per heavy atom. The molecule has 0 spiro atoms. The minimum atomic E-state index is 0.483. The number of aromatic nitrogens is 1. The molecule has 136 valence electrons. The monoisotopic (exact) mass is 356 g/mol. The lowest BCUT2D eigenvalue weighted by Crippen LogP contribution is -2.38. The summed E-state index contributed by atoms with van der Waals surface area (Å²) in [5.41, 5.74) is 4.01. The summed E-state index contributed by atoms with van der Waals surface area (Å²) in [5.74, 6) is 0. The molecule has 4 rings (SSSR count). The van der Waals surface area contributed by atoms with Gasteiger partial charge in [0.15, 0.2) is 0 Å². The molecular formula is C23H24N4. The molecule has 0 radical (unpaired) electrons. The number of likely N-dealkylation sites (tertiary alicyclic amines) is 1. The Bertz CT molecular complexity index is 981. The van der Waals surface area contributed by atoms with E-state index in [-0.39, 0.29) is 0 Å². The van der Waals surface area contributed by atoms with Crippen molar-refractivity contribution in [1.82, 2.24) is 9.88 Å². The first-order valence-electron chi connectivity index (χ1n) is 9.64. The Kier molecular flexibility index (Phi) is 5.04. The van der Waals surface area contributed by atoms with Crippen molar-refractivity contribution in [2.45, 2.75) is 25.8 Å². The van der Waals surface area contributed by atoms with Gasteiger partial charge in [0, 0.05) is 42.6 Å². The summed E-state index contributed by atoms with van der Waals surface area (Å²) >= 11 is 0. The third-order valence-electron chi connectivity index (χ3n) is 5.48. The molecule has 3 aromatic rings. The van der Waals surface area contributed by atoms with Gasteiger partial charge in [-0.1, -0.05) is 19.1 Å². The van der Waals surface area contributed by atoms with Crippen molar-refractivity contribution in [1.29, 1.82) is 5.26 Å². The molecule has 1 saturated heterocycles. The third kappa shape index (κ3) is 3.79. The first-order chi connectivity index (χ1) is 13.3.